The van der Waals surface area contributed by atoms with Crippen LogP contribution in [0.2, 0.25) is 0 Å². The van der Waals surface area contributed by atoms with Crippen molar-refractivity contribution in [3.8, 4) is 0 Å². The van der Waals surface area contributed by atoms with E-state index in [1.165, 1.54) is 28.9 Å². The van der Waals surface area contributed by atoms with Crippen molar-refractivity contribution in [1.29, 1.82) is 0 Å². The standard InChI is InChI=1S/C19H23FN4O3/c1-3-5-12-24-17(21)16(18(26)22-19(24)27)23(4-2)15(25)11-10-13-8-6-7-9-14(13)20/h6-11H,3-5,12,21H2,1-2H3,(H,22,26,27)/b11-10+. The number of nitrogens with two attached hydrogens (primary N) is 1. The number of likely N-dealkylation sites (N-methyl/N-ethyl adjacent to an activating group) is 1. The number of rotatable bonds is 7. The number of hydrogen-bond acceptors (Lipinski definition) is 4. The molecular weight excluding hydrogens is 351 g/mol. The van der Waals surface area contributed by atoms with Gasteiger partial charge in [-0.05, 0) is 25.5 Å². The number of nitrogen functional groups attached to an aromatic ring is 1. The van der Waals surface area contributed by atoms with Gasteiger partial charge in [-0.1, -0.05) is 31.5 Å². The first-order chi connectivity index (χ1) is 12.9. The molecule has 144 valence electrons. The number of anilines is 2. The molecule has 1 aromatic carbocycles. The number of nitrogens with one attached hydrogen (secondary N) is 1. The molecule has 0 aliphatic carbocycles. The summed E-state index contributed by atoms with van der Waals surface area (Å²) < 4.78 is 14.9. The lowest BCUT2D eigenvalue weighted by molar-refractivity contribution is -0.114. The molecule has 1 aromatic heterocycles. The lowest BCUT2D eigenvalue weighted by Crippen LogP contribution is -2.40. The Kier molecular flexibility index (Phi) is 6.70. The van der Waals surface area contributed by atoms with Crippen LogP contribution in [-0.2, 0) is 11.3 Å². The normalized spacial score (nSPS) is 11.1. The van der Waals surface area contributed by atoms with Gasteiger partial charge in [-0.15, -0.1) is 0 Å². The maximum atomic E-state index is 13.7. The number of H-pyrrole nitrogens is 1. The average Bonchev–Trinajstić information content (AvgIpc) is 2.64. The van der Waals surface area contributed by atoms with E-state index in [2.05, 4.69) is 4.98 Å². The second-order valence-corrected chi connectivity index (χ2v) is 5.94. The lowest BCUT2D eigenvalue weighted by Gasteiger charge is -2.21. The van der Waals surface area contributed by atoms with Gasteiger partial charge in [0, 0.05) is 24.7 Å². The first-order valence-corrected chi connectivity index (χ1v) is 8.77. The summed E-state index contributed by atoms with van der Waals surface area (Å²) in [6, 6.07) is 6.01. The lowest BCUT2D eigenvalue weighted by atomic mass is 10.2. The molecule has 7 nitrogen and oxygen atoms in total. The molecular formula is C19H23FN4O3. The van der Waals surface area contributed by atoms with Gasteiger partial charge in [0.1, 0.15) is 11.6 Å². The SMILES string of the molecule is CCCCn1c(N)c(N(CC)C(=O)/C=C/c2ccccc2F)c(=O)[nH]c1=O. The zero-order valence-corrected chi connectivity index (χ0v) is 15.4. The Bertz CT molecular complexity index is 962. The van der Waals surface area contributed by atoms with Gasteiger partial charge in [0.25, 0.3) is 11.5 Å². The average molecular weight is 374 g/mol. The Morgan fingerprint density at radius 3 is 2.63 bits per heavy atom. The summed E-state index contributed by atoms with van der Waals surface area (Å²) in [6.45, 7) is 4.12. The van der Waals surface area contributed by atoms with Crippen LogP contribution in [0.4, 0.5) is 15.9 Å². The highest BCUT2D eigenvalue weighted by molar-refractivity contribution is 6.05. The van der Waals surface area contributed by atoms with Crippen molar-refractivity contribution in [1.82, 2.24) is 9.55 Å². The summed E-state index contributed by atoms with van der Waals surface area (Å²) in [5.41, 5.74) is 4.85. The number of amides is 1. The molecule has 1 amide bonds. The molecule has 2 rings (SSSR count). The van der Waals surface area contributed by atoms with E-state index in [1.54, 1.807) is 19.1 Å². The fourth-order valence-electron chi connectivity index (χ4n) is 2.66. The summed E-state index contributed by atoms with van der Waals surface area (Å²) in [5, 5.41) is 0. The van der Waals surface area contributed by atoms with Crippen LogP contribution in [0.3, 0.4) is 0 Å². The van der Waals surface area contributed by atoms with Crippen LogP contribution in [-0.4, -0.2) is 22.0 Å². The van der Waals surface area contributed by atoms with E-state index in [4.69, 9.17) is 5.73 Å². The highest BCUT2D eigenvalue weighted by Crippen LogP contribution is 2.18. The quantitative estimate of drug-likeness (QED) is 0.725. The first-order valence-electron chi connectivity index (χ1n) is 8.77. The van der Waals surface area contributed by atoms with E-state index in [9.17, 15) is 18.8 Å². The Labute approximate surface area is 155 Å². The van der Waals surface area contributed by atoms with Crippen molar-refractivity contribution in [2.24, 2.45) is 0 Å². The van der Waals surface area contributed by atoms with Crippen LogP contribution in [0, 0.1) is 5.82 Å². The third-order valence-electron chi connectivity index (χ3n) is 4.11. The molecule has 2 aromatic rings. The summed E-state index contributed by atoms with van der Waals surface area (Å²) >= 11 is 0. The number of carbonyl (C=O) groups excluding carboxylic acids is 1. The Morgan fingerprint density at radius 2 is 2.00 bits per heavy atom. The summed E-state index contributed by atoms with van der Waals surface area (Å²) in [6.07, 6.45) is 4.03. The van der Waals surface area contributed by atoms with Gasteiger partial charge >= 0.3 is 5.69 Å². The number of aromatic amines is 1. The van der Waals surface area contributed by atoms with E-state index in [0.29, 0.717) is 13.0 Å². The third kappa shape index (κ3) is 4.52. The molecule has 3 N–H and O–H groups in total. The van der Waals surface area contributed by atoms with Crippen molar-refractivity contribution in [3.63, 3.8) is 0 Å². The smallest absolute Gasteiger partial charge is 0.330 e. The van der Waals surface area contributed by atoms with Crippen LogP contribution in [0.15, 0.2) is 39.9 Å². The fraction of sp³-hybridized carbons (Fsp3) is 0.316. The molecule has 0 aliphatic rings. The minimum atomic E-state index is -0.736. The maximum Gasteiger partial charge on any atom is 0.330 e. The van der Waals surface area contributed by atoms with Gasteiger partial charge in [-0.2, -0.15) is 0 Å². The molecule has 0 aliphatic heterocycles. The van der Waals surface area contributed by atoms with E-state index in [0.717, 1.165) is 11.3 Å². The van der Waals surface area contributed by atoms with Gasteiger partial charge in [-0.25, -0.2) is 9.18 Å². The van der Waals surface area contributed by atoms with E-state index in [1.807, 2.05) is 6.92 Å². The van der Waals surface area contributed by atoms with Crippen molar-refractivity contribution in [2.45, 2.75) is 33.2 Å². The Morgan fingerprint density at radius 1 is 1.30 bits per heavy atom. The Balaban J connectivity index is 2.42. The second kappa shape index (κ2) is 8.98. The molecule has 0 fully saturated rings. The highest BCUT2D eigenvalue weighted by atomic mass is 19.1. The van der Waals surface area contributed by atoms with Gasteiger partial charge in [0.05, 0.1) is 0 Å². The van der Waals surface area contributed by atoms with Crippen molar-refractivity contribution >= 4 is 23.5 Å². The van der Waals surface area contributed by atoms with Gasteiger partial charge < -0.3 is 10.6 Å². The minimum Gasteiger partial charge on any atom is -0.383 e. The number of unbranched alkanes of at least 4 members (excludes halogenated alkanes) is 1. The molecule has 0 spiro atoms. The topological polar surface area (TPSA) is 101 Å². The zero-order chi connectivity index (χ0) is 20.0. The van der Waals surface area contributed by atoms with E-state index in [-0.39, 0.29) is 23.6 Å². The molecule has 0 unspecified atom stereocenters. The van der Waals surface area contributed by atoms with Crippen LogP contribution in [0.1, 0.15) is 32.3 Å². The predicted molar refractivity (Wildman–Crippen MR) is 104 cm³/mol. The summed E-state index contributed by atoms with van der Waals surface area (Å²) in [4.78, 5) is 40.3. The zero-order valence-electron chi connectivity index (χ0n) is 15.4. The number of benzene rings is 1. The molecule has 0 atom stereocenters. The first kappa shape index (κ1) is 20.2. The summed E-state index contributed by atoms with van der Waals surface area (Å²) in [5.74, 6) is -1.07. The molecule has 0 saturated carbocycles. The van der Waals surface area contributed by atoms with Gasteiger partial charge in [-0.3, -0.25) is 19.1 Å². The molecule has 27 heavy (non-hydrogen) atoms. The van der Waals surface area contributed by atoms with Gasteiger partial charge in [0.2, 0.25) is 0 Å². The van der Waals surface area contributed by atoms with Gasteiger partial charge in [0.15, 0.2) is 5.69 Å². The minimum absolute atomic E-state index is 0.0632. The van der Waals surface area contributed by atoms with Crippen LogP contribution < -0.4 is 21.9 Å². The van der Waals surface area contributed by atoms with Crippen molar-refractivity contribution in [2.75, 3.05) is 17.2 Å². The fourth-order valence-corrected chi connectivity index (χ4v) is 2.66. The maximum absolute atomic E-state index is 13.7. The van der Waals surface area contributed by atoms with E-state index >= 15 is 0 Å². The highest BCUT2D eigenvalue weighted by Gasteiger charge is 2.21. The third-order valence-corrected chi connectivity index (χ3v) is 4.11. The number of halogens is 1. The van der Waals surface area contributed by atoms with E-state index < -0.39 is 23.0 Å². The molecule has 0 bridgehead atoms. The monoisotopic (exact) mass is 374 g/mol. The largest absolute Gasteiger partial charge is 0.383 e. The molecule has 8 heteroatoms. The number of nitrogens with zero attached hydrogens (tertiary/aromatic N) is 2. The Hall–Kier alpha value is -3.16. The van der Waals surface area contributed by atoms with Crippen molar-refractivity contribution in [3.05, 3.63) is 62.6 Å². The van der Waals surface area contributed by atoms with Crippen LogP contribution in [0.5, 0.6) is 0 Å². The molecule has 1 heterocycles. The molecule has 0 saturated heterocycles. The number of carbonyl (C=O) groups is 1. The number of aromatic nitrogens is 2. The van der Waals surface area contributed by atoms with Crippen LogP contribution in [0.25, 0.3) is 6.08 Å². The second-order valence-electron chi connectivity index (χ2n) is 5.94. The van der Waals surface area contributed by atoms with Crippen molar-refractivity contribution < 1.29 is 9.18 Å². The predicted octanol–water partition coefficient (Wildman–Crippen LogP) is 2.12. The molecule has 0 radical (unpaired) electrons. The van der Waals surface area contributed by atoms with Crippen LogP contribution >= 0.6 is 0 Å². The summed E-state index contributed by atoms with van der Waals surface area (Å²) in [7, 11) is 0. The number of hydrogen-bond donors (Lipinski definition) is 2.